The number of amides is 2. The largest absolute Gasteiger partial charge is 0.493 e. The fraction of sp³-hybridized carbons (Fsp3) is 0.500. The number of nitrogens with zero attached hydrogens (tertiary/aromatic N) is 4. The molecule has 2 aliphatic heterocycles. The lowest BCUT2D eigenvalue weighted by molar-refractivity contribution is -0.139. The second-order valence-corrected chi connectivity index (χ2v) is 7.49. The van der Waals surface area contributed by atoms with Crippen molar-refractivity contribution in [3.63, 3.8) is 0 Å². The molecule has 1 aromatic rings. The number of ether oxygens (including phenoxy) is 2. The van der Waals surface area contributed by atoms with Gasteiger partial charge in [-0.15, -0.1) is 12.8 Å². The average molecular weight is 471 g/mol. The van der Waals surface area contributed by atoms with E-state index in [-0.39, 0.29) is 17.8 Å². The van der Waals surface area contributed by atoms with E-state index in [0.29, 0.717) is 30.2 Å². The minimum atomic E-state index is 0.0229. The van der Waals surface area contributed by atoms with Crippen molar-refractivity contribution in [2.24, 2.45) is 10.7 Å². The molecule has 0 bridgehead atoms. The Labute approximate surface area is 201 Å². The fourth-order valence-corrected chi connectivity index (χ4v) is 3.55. The number of nitrogens with one attached hydrogen (secondary N) is 1. The highest BCUT2D eigenvalue weighted by atomic mass is 16.5. The van der Waals surface area contributed by atoms with E-state index in [1.54, 1.807) is 36.4 Å². The number of hydrogen-bond donors (Lipinski definition) is 2. The number of benzene rings is 1. The number of nitriles is 1. The highest BCUT2D eigenvalue weighted by molar-refractivity contribution is 5.85. The summed E-state index contributed by atoms with van der Waals surface area (Å²) < 4.78 is 10.2. The summed E-state index contributed by atoms with van der Waals surface area (Å²) in [5, 5.41) is 10.6. The van der Waals surface area contributed by atoms with Crippen molar-refractivity contribution in [1.29, 1.82) is 5.26 Å². The second kappa shape index (κ2) is 15.8. The summed E-state index contributed by atoms with van der Waals surface area (Å²) in [6, 6.07) is 5.06. The first-order valence-corrected chi connectivity index (χ1v) is 11.1. The van der Waals surface area contributed by atoms with Crippen molar-refractivity contribution in [3.8, 4) is 30.5 Å². The van der Waals surface area contributed by atoms with E-state index in [1.807, 2.05) is 4.90 Å². The van der Waals surface area contributed by atoms with Gasteiger partial charge in [0.05, 0.1) is 26.5 Å². The summed E-state index contributed by atoms with van der Waals surface area (Å²) in [6.45, 7) is 2.82. The Morgan fingerprint density at radius 3 is 2.38 bits per heavy atom. The highest BCUT2D eigenvalue weighted by Gasteiger charge is 2.23. The van der Waals surface area contributed by atoms with Crippen LogP contribution in [0, 0.1) is 24.3 Å². The molecule has 2 amide bonds. The lowest BCUT2D eigenvalue weighted by Crippen LogP contribution is -2.41. The standard InChI is InChI=1S/C12H20N2O2.C10H12N4O2.C2H2/c15-11-6-2-1-3-9-14(11)10-12(16)13-7-4-5-8-13;1-15-8-4-3-7(5-9(8)16-2)14-10(12)13-6-11;1-2/h1-10H2;3-5H,1-2H3,(H3,12,13,14);1-2H. The topological polar surface area (TPSA) is 133 Å². The van der Waals surface area contributed by atoms with Gasteiger partial charge >= 0.3 is 0 Å². The highest BCUT2D eigenvalue weighted by Crippen LogP contribution is 2.30. The molecular weight excluding hydrogens is 436 g/mol. The summed E-state index contributed by atoms with van der Waals surface area (Å²) in [4.78, 5) is 31.2. The molecule has 0 aromatic heterocycles. The van der Waals surface area contributed by atoms with Crippen LogP contribution in [0.3, 0.4) is 0 Å². The van der Waals surface area contributed by atoms with Crippen LogP contribution in [0.2, 0.25) is 0 Å². The molecule has 2 fully saturated rings. The number of carbonyl (C=O) groups excluding carboxylic acids is 2. The molecule has 0 spiro atoms. The Bertz CT molecular complexity index is 887. The molecule has 10 heteroatoms. The van der Waals surface area contributed by atoms with Crippen molar-refractivity contribution in [2.75, 3.05) is 40.4 Å². The smallest absolute Gasteiger partial charge is 0.242 e. The third-order valence-electron chi connectivity index (χ3n) is 5.26. The molecule has 10 nitrogen and oxygen atoms in total. The maximum absolute atomic E-state index is 11.9. The zero-order chi connectivity index (χ0) is 25.3. The molecule has 34 heavy (non-hydrogen) atoms. The third kappa shape index (κ3) is 9.29. The zero-order valence-corrected chi connectivity index (χ0v) is 20.0. The molecule has 2 saturated heterocycles. The van der Waals surface area contributed by atoms with E-state index in [2.05, 4.69) is 23.2 Å². The van der Waals surface area contributed by atoms with Gasteiger partial charge in [-0.25, -0.2) is 4.99 Å². The minimum Gasteiger partial charge on any atom is -0.493 e. The normalized spacial score (nSPS) is 15.5. The number of hydrogen-bond acceptors (Lipinski definition) is 6. The number of nitrogens with two attached hydrogens (primary N) is 1. The molecule has 0 atom stereocenters. The summed E-state index contributed by atoms with van der Waals surface area (Å²) in [6.07, 6.45) is 15.6. The average Bonchev–Trinajstić information content (AvgIpc) is 3.32. The predicted octanol–water partition coefficient (Wildman–Crippen LogP) is 1.98. The van der Waals surface area contributed by atoms with Crippen LogP contribution in [0.25, 0.3) is 0 Å². The minimum absolute atomic E-state index is 0.0229. The van der Waals surface area contributed by atoms with Gasteiger partial charge in [-0.1, -0.05) is 6.42 Å². The number of terminal acetylenes is 1. The number of methoxy groups -OCH3 is 2. The van der Waals surface area contributed by atoms with Gasteiger partial charge in [-0.3, -0.25) is 14.9 Å². The van der Waals surface area contributed by atoms with Crippen LogP contribution in [-0.2, 0) is 9.59 Å². The molecule has 3 N–H and O–H groups in total. The molecule has 0 saturated carbocycles. The van der Waals surface area contributed by atoms with Gasteiger partial charge in [0.2, 0.25) is 17.8 Å². The fourth-order valence-electron chi connectivity index (χ4n) is 3.55. The van der Waals surface area contributed by atoms with Crippen molar-refractivity contribution in [3.05, 3.63) is 18.2 Å². The van der Waals surface area contributed by atoms with E-state index in [9.17, 15) is 9.59 Å². The zero-order valence-electron chi connectivity index (χ0n) is 20.0. The van der Waals surface area contributed by atoms with Crippen LogP contribution in [0.5, 0.6) is 11.5 Å². The van der Waals surface area contributed by atoms with E-state index in [0.717, 1.165) is 51.7 Å². The SMILES string of the molecule is C#C.COc1ccc(N=C(N)NC#N)cc1OC.O=C(CN1CCCCCC1=O)N1CCCC1. The Balaban J connectivity index is 0.000000317. The molecule has 0 aliphatic carbocycles. The van der Waals surface area contributed by atoms with Gasteiger partial charge in [0.15, 0.2) is 17.7 Å². The maximum Gasteiger partial charge on any atom is 0.242 e. The maximum atomic E-state index is 11.9. The van der Waals surface area contributed by atoms with Gasteiger partial charge in [0.25, 0.3) is 0 Å². The van der Waals surface area contributed by atoms with E-state index >= 15 is 0 Å². The van der Waals surface area contributed by atoms with Gasteiger partial charge in [0.1, 0.15) is 0 Å². The number of guanidine groups is 1. The first-order chi connectivity index (χ1) is 16.5. The quantitative estimate of drug-likeness (QED) is 0.221. The monoisotopic (exact) mass is 470 g/mol. The lowest BCUT2D eigenvalue weighted by atomic mass is 10.2. The molecular formula is C24H34N6O4. The van der Waals surface area contributed by atoms with Crippen LogP contribution in [0.4, 0.5) is 5.69 Å². The summed E-state index contributed by atoms with van der Waals surface area (Å²) in [5.74, 6) is 1.47. The van der Waals surface area contributed by atoms with Crippen molar-refractivity contribution < 1.29 is 19.1 Å². The van der Waals surface area contributed by atoms with E-state index in [1.165, 1.54) is 7.11 Å². The molecule has 3 rings (SSSR count). The van der Waals surface area contributed by atoms with Crippen molar-refractivity contribution in [1.82, 2.24) is 15.1 Å². The van der Waals surface area contributed by atoms with Gasteiger partial charge in [-0.2, -0.15) is 5.26 Å². The predicted molar refractivity (Wildman–Crippen MR) is 130 cm³/mol. The second-order valence-electron chi connectivity index (χ2n) is 7.49. The van der Waals surface area contributed by atoms with Crippen molar-refractivity contribution >= 4 is 23.5 Å². The van der Waals surface area contributed by atoms with Gasteiger partial charge < -0.3 is 25.0 Å². The van der Waals surface area contributed by atoms with Crippen LogP contribution < -0.4 is 20.5 Å². The Kier molecular flexibility index (Phi) is 13.1. The summed E-state index contributed by atoms with van der Waals surface area (Å²) in [7, 11) is 3.08. The first-order valence-electron chi connectivity index (χ1n) is 11.1. The molecule has 184 valence electrons. The van der Waals surface area contributed by atoms with E-state index < -0.39 is 0 Å². The van der Waals surface area contributed by atoms with E-state index in [4.69, 9.17) is 20.5 Å². The van der Waals surface area contributed by atoms with Crippen LogP contribution >= 0.6 is 0 Å². The summed E-state index contributed by atoms with van der Waals surface area (Å²) >= 11 is 0. The van der Waals surface area contributed by atoms with Gasteiger partial charge in [0, 0.05) is 32.1 Å². The molecule has 0 radical (unpaired) electrons. The number of rotatable bonds is 5. The van der Waals surface area contributed by atoms with Gasteiger partial charge in [-0.05, 0) is 37.8 Å². The van der Waals surface area contributed by atoms with Crippen molar-refractivity contribution in [2.45, 2.75) is 38.5 Å². The molecule has 0 unspecified atom stereocenters. The first kappa shape index (κ1) is 28.1. The molecule has 2 heterocycles. The molecule has 1 aromatic carbocycles. The van der Waals surface area contributed by atoms with Crippen LogP contribution in [0.1, 0.15) is 38.5 Å². The number of aliphatic imine (C=N–C) groups is 1. The van der Waals surface area contributed by atoms with Crippen LogP contribution in [0.15, 0.2) is 23.2 Å². The molecule has 2 aliphatic rings. The Hall–Kier alpha value is -3.92. The number of likely N-dealkylation sites (tertiary alicyclic amines) is 2. The number of carbonyl (C=O) groups is 2. The Morgan fingerprint density at radius 2 is 1.76 bits per heavy atom. The third-order valence-corrected chi connectivity index (χ3v) is 5.26. The Morgan fingerprint density at radius 1 is 1.12 bits per heavy atom. The van der Waals surface area contributed by atoms with Crippen LogP contribution in [-0.4, -0.2) is 68.0 Å². The lowest BCUT2D eigenvalue weighted by Gasteiger charge is -2.23. The summed E-state index contributed by atoms with van der Waals surface area (Å²) in [5.41, 5.74) is 5.99.